The van der Waals surface area contributed by atoms with Crippen molar-refractivity contribution in [2.45, 2.75) is 5.41 Å². The Kier molecular flexibility index (Phi) is 8.47. The van der Waals surface area contributed by atoms with Gasteiger partial charge in [0.2, 0.25) is 0 Å². The zero-order valence-corrected chi connectivity index (χ0v) is 34.1. The van der Waals surface area contributed by atoms with Crippen molar-refractivity contribution >= 4 is 17.1 Å². The van der Waals surface area contributed by atoms with Crippen molar-refractivity contribution in [3.8, 4) is 66.8 Å². The van der Waals surface area contributed by atoms with Crippen molar-refractivity contribution in [3.05, 3.63) is 271 Å². The summed E-state index contributed by atoms with van der Waals surface area (Å²) in [6.45, 7) is 0. The Hall–Kier alpha value is -8.00. The highest BCUT2D eigenvalue weighted by atomic mass is 15.1. The van der Waals surface area contributed by atoms with Crippen LogP contribution in [-0.4, -0.2) is 0 Å². The van der Waals surface area contributed by atoms with Crippen LogP contribution < -0.4 is 4.90 Å². The van der Waals surface area contributed by atoms with Crippen LogP contribution in [0.2, 0.25) is 0 Å². The van der Waals surface area contributed by atoms with Gasteiger partial charge in [-0.2, -0.15) is 0 Å². The van der Waals surface area contributed by atoms with E-state index < -0.39 is 5.41 Å². The molecule has 2 aliphatic carbocycles. The maximum atomic E-state index is 2.50. The minimum absolute atomic E-state index is 0.469. The molecule has 10 aromatic rings. The summed E-state index contributed by atoms with van der Waals surface area (Å²) < 4.78 is 0. The molecule has 0 N–H and O–H groups in total. The molecular weight excluding hydrogens is 747 g/mol. The van der Waals surface area contributed by atoms with Gasteiger partial charge in [0.15, 0.2) is 0 Å². The molecule has 12 rings (SSSR count). The maximum Gasteiger partial charge on any atom is 0.0726 e. The van der Waals surface area contributed by atoms with E-state index in [-0.39, 0.29) is 0 Å². The molecule has 0 fully saturated rings. The lowest BCUT2D eigenvalue weighted by molar-refractivity contribution is 0.793. The van der Waals surface area contributed by atoms with E-state index in [2.05, 4.69) is 254 Å². The van der Waals surface area contributed by atoms with E-state index in [1.807, 2.05) is 0 Å². The summed E-state index contributed by atoms with van der Waals surface area (Å²) in [4.78, 5) is 2.50. The summed E-state index contributed by atoms with van der Waals surface area (Å²) in [5.74, 6) is 0. The Morgan fingerprint density at radius 1 is 0.210 bits per heavy atom. The zero-order valence-electron chi connectivity index (χ0n) is 34.1. The molecule has 0 radical (unpaired) electrons. The van der Waals surface area contributed by atoms with E-state index in [1.54, 1.807) is 0 Å². The minimum Gasteiger partial charge on any atom is -0.310 e. The van der Waals surface area contributed by atoms with Gasteiger partial charge in [0.1, 0.15) is 0 Å². The number of anilines is 3. The fraction of sp³-hybridized carbons (Fsp3) is 0.0164. The van der Waals surface area contributed by atoms with Gasteiger partial charge < -0.3 is 4.90 Å². The van der Waals surface area contributed by atoms with Gasteiger partial charge in [-0.15, -0.1) is 0 Å². The molecule has 0 bridgehead atoms. The number of hydrogen-bond donors (Lipinski definition) is 0. The number of fused-ring (bicyclic) bond motifs is 10. The van der Waals surface area contributed by atoms with Crippen LogP contribution in [0.1, 0.15) is 22.3 Å². The number of hydrogen-bond acceptors (Lipinski definition) is 1. The summed E-state index contributed by atoms with van der Waals surface area (Å²) in [6.07, 6.45) is 0. The molecule has 2 aliphatic rings. The van der Waals surface area contributed by atoms with Crippen molar-refractivity contribution in [2.24, 2.45) is 0 Å². The van der Waals surface area contributed by atoms with Crippen LogP contribution in [0.4, 0.5) is 17.1 Å². The van der Waals surface area contributed by atoms with Crippen LogP contribution in [0.25, 0.3) is 66.8 Å². The largest absolute Gasteiger partial charge is 0.310 e. The predicted octanol–water partition coefficient (Wildman–Crippen LogP) is 16.2. The Balaban J connectivity index is 1.17. The Morgan fingerprint density at radius 2 is 0.516 bits per heavy atom. The first kappa shape index (κ1) is 35.9. The fourth-order valence-electron chi connectivity index (χ4n) is 10.3. The summed E-state index contributed by atoms with van der Waals surface area (Å²) in [5, 5.41) is 0. The van der Waals surface area contributed by atoms with Crippen LogP contribution in [0.15, 0.2) is 249 Å². The molecule has 62 heavy (non-hydrogen) atoms. The van der Waals surface area contributed by atoms with E-state index in [1.165, 1.54) is 66.8 Å². The molecule has 0 amide bonds. The SMILES string of the molecule is c1ccc(-c2cc(-c3ccccc3)cc(N(c3cc(-c4ccccc4)cc(-c4ccccc4)c3)c3ccc4c(c3)C3(c5ccccc5-c5ccccc53)c3ccccc3-4)c2)cc1. The van der Waals surface area contributed by atoms with Gasteiger partial charge in [-0.25, -0.2) is 0 Å². The number of rotatable bonds is 7. The molecule has 10 aromatic carbocycles. The maximum absolute atomic E-state index is 2.50. The van der Waals surface area contributed by atoms with Gasteiger partial charge >= 0.3 is 0 Å². The molecule has 290 valence electrons. The molecule has 0 saturated heterocycles. The third kappa shape index (κ3) is 5.70. The van der Waals surface area contributed by atoms with E-state index in [0.717, 1.165) is 39.3 Å². The second kappa shape index (κ2) is 14.6. The van der Waals surface area contributed by atoms with Gasteiger partial charge in [-0.3, -0.25) is 0 Å². The summed E-state index contributed by atoms with van der Waals surface area (Å²) in [5.41, 5.74) is 22.7. The molecule has 0 aromatic heterocycles. The first-order valence-corrected chi connectivity index (χ1v) is 21.5. The third-order valence-electron chi connectivity index (χ3n) is 13.0. The second-order valence-electron chi connectivity index (χ2n) is 16.5. The summed E-state index contributed by atoms with van der Waals surface area (Å²) in [7, 11) is 0. The van der Waals surface area contributed by atoms with Gasteiger partial charge in [0, 0.05) is 17.1 Å². The highest BCUT2D eigenvalue weighted by Crippen LogP contribution is 2.63. The molecule has 1 spiro atoms. The number of benzene rings is 10. The molecule has 0 heterocycles. The smallest absolute Gasteiger partial charge is 0.0726 e. The Labute approximate surface area is 363 Å². The Morgan fingerprint density at radius 3 is 0.871 bits per heavy atom. The topological polar surface area (TPSA) is 3.24 Å². The first-order valence-electron chi connectivity index (χ1n) is 21.5. The summed E-state index contributed by atoms with van der Waals surface area (Å²) in [6, 6.07) is 91.7. The standard InChI is InChI=1S/C61H41N/c1-5-19-42(20-6-1)46-35-47(43-21-7-2-8-22-43)38-51(37-46)62(52-39-48(44-23-9-3-10-24-44)36-49(40-52)45-25-11-4-12-26-45)50-33-34-56-55-29-15-18-32-59(55)61(60(56)41-50)57-30-16-13-27-53(57)54-28-14-17-31-58(54)61/h1-41H. The van der Waals surface area contributed by atoms with Gasteiger partial charge in [-0.05, 0) is 138 Å². The quantitative estimate of drug-likeness (QED) is 0.155. The monoisotopic (exact) mass is 787 g/mol. The van der Waals surface area contributed by atoms with Crippen LogP contribution >= 0.6 is 0 Å². The zero-order chi connectivity index (χ0) is 41.0. The van der Waals surface area contributed by atoms with Crippen molar-refractivity contribution in [3.63, 3.8) is 0 Å². The van der Waals surface area contributed by atoms with Crippen molar-refractivity contribution < 1.29 is 0 Å². The Bertz CT molecular complexity index is 2970. The highest BCUT2D eigenvalue weighted by Gasteiger charge is 2.51. The van der Waals surface area contributed by atoms with Crippen molar-refractivity contribution in [2.75, 3.05) is 4.90 Å². The average Bonchev–Trinajstić information content (AvgIpc) is 3.82. The molecule has 0 saturated carbocycles. The van der Waals surface area contributed by atoms with E-state index in [4.69, 9.17) is 0 Å². The van der Waals surface area contributed by atoms with Crippen LogP contribution in [-0.2, 0) is 5.41 Å². The highest BCUT2D eigenvalue weighted by molar-refractivity contribution is 5.97. The second-order valence-corrected chi connectivity index (χ2v) is 16.5. The third-order valence-corrected chi connectivity index (χ3v) is 13.0. The van der Waals surface area contributed by atoms with E-state index in [9.17, 15) is 0 Å². The molecule has 0 atom stereocenters. The lowest BCUT2D eigenvalue weighted by Gasteiger charge is -2.32. The van der Waals surface area contributed by atoms with E-state index in [0.29, 0.717) is 0 Å². The van der Waals surface area contributed by atoms with Gasteiger partial charge in [0.05, 0.1) is 5.41 Å². The van der Waals surface area contributed by atoms with Crippen molar-refractivity contribution in [1.29, 1.82) is 0 Å². The molecule has 1 nitrogen and oxygen atoms in total. The molecular formula is C61H41N. The van der Waals surface area contributed by atoms with Crippen LogP contribution in [0.3, 0.4) is 0 Å². The van der Waals surface area contributed by atoms with Gasteiger partial charge in [-0.1, -0.05) is 200 Å². The predicted molar refractivity (Wildman–Crippen MR) is 259 cm³/mol. The first-order chi connectivity index (χ1) is 30.7. The van der Waals surface area contributed by atoms with Crippen LogP contribution in [0.5, 0.6) is 0 Å². The number of nitrogens with zero attached hydrogens (tertiary/aromatic N) is 1. The molecule has 0 aliphatic heterocycles. The lowest BCUT2D eigenvalue weighted by Crippen LogP contribution is -2.26. The van der Waals surface area contributed by atoms with E-state index >= 15 is 0 Å². The lowest BCUT2D eigenvalue weighted by atomic mass is 9.70. The van der Waals surface area contributed by atoms with Crippen LogP contribution in [0, 0.1) is 0 Å². The van der Waals surface area contributed by atoms with Gasteiger partial charge in [0.25, 0.3) is 0 Å². The summed E-state index contributed by atoms with van der Waals surface area (Å²) >= 11 is 0. The fourth-order valence-corrected chi connectivity index (χ4v) is 10.3. The normalized spacial score (nSPS) is 12.6. The van der Waals surface area contributed by atoms with Crippen molar-refractivity contribution in [1.82, 2.24) is 0 Å². The molecule has 1 heteroatoms. The average molecular weight is 788 g/mol. The molecule has 0 unspecified atom stereocenters. The minimum atomic E-state index is -0.469.